The van der Waals surface area contributed by atoms with Gasteiger partial charge in [-0.15, -0.1) is 0 Å². The van der Waals surface area contributed by atoms with E-state index in [9.17, 15) is 0 Å². The number of nitrogens with zero attached hydrogens (tertiary/aromatic N) is 2. The van der Waals surface area contributed by atoms with Crippen LogP contribution in [-0.2, 0) is 0 Å². The Morgan fingerprint density at radius 2 is 1.80 bits per heavy atom. The van der Waals surface area contributed by atoms with Gasteiger partial charge in [-0.25, -0.2) is 0 Å². The van der Waals surface area contributed by atoms with E-state index in [2.05, 4.69) is 39.9 Å². The molecule has 0 aromatic carbocycles. The average molecular weight is 143 g/mol. The van der Waals surface area contributed by atoms with E-state index in [0.717, 1.165) is 4.48 Å². The number of likely N-dealkylation sites (N-methyl/N-ethyl adjacent to an activating group) is 2. The topological polar surface area (TPSA) is 3.24 Å². The number of rotatable bonds is 0. The van der Waals surface area contributed by atoms with Crippen LogP contribution in [-0.4, -0.2) is 49.3 Å². The summed E-state index contributed by atoms with van der Waals surface area (Å²) in [5, 5.41) is 0. The van der Waals surface area contributed by atoms with Gasteiger partial charge >= 0.3 is 0 Å². The van der Waals surface area contributed by atoms with Gasteiger partial charge in [0.25, 0.3) is 0 Å². The van der Waals surface area contributed by atoms with Crippen LogP contribution in [0.2, 0.25) is 0 Å². The zero-order valence-electron chi connectivity index (χ0n) is 7.81. The summed E-state index contributed by atoms with van der Waals surface area (Å²) in [6.45, 7) is 7.04. The second-order valence-corrected chi connectivity index (χ2v) is 4.65. The van der Waals surface area contributed by atoms with Crippen molar-refractivity contribution in [3.05, 3.63) is 0 Å². The molecule has 2 nitrogen and oxygen atoms in total. The maximum absolute atomic E-state index is 2.39. The molecule has 0 amide bonds. The fourth-order valence-corrected chi connectivity index (χ4v) is 1.70. The molecule has 1 saturated heterocycles. The Labute approximate surface area is 64.0 Å². The Bertz CT molecular complexity index is 122. The highest BCUT2D eigenvalue weighted by molar-refractivity contribution is 4.77. The van der Waals surface area contributed by atoms with Crippen molar-refractivity contribution in [3.8, 4) is 0 Å². The molecule has 1 heterocycles. The molecule has 0 aliphatic carbocycles. The monoisotopic (exact) mass is 143 g/mol. The molecule has 0 N–H and O–H groups in total. The minimum atomic E-state index is 0.425. The van der Waals surface area contributed by atoms with Crippen LogP contribution in [0.25, 0.3) is 0 Å². The van der Waals surface area contributed by atoms with Crippen molar-refractivity contribution >= 4 is 0 Å². The van der Waals surface area contributed by atoms with Crippen molar-refractivity contribution < 1.29 is 4.48 Å². The third-order valence-electron chi connectivity index (χ3n) is 2.89. The van der Waals surface area contributed by atoms with Crippen LogP contribution >= 0.6 is 0 Å². The van der Waals surface area contributed by atoms with E-state index in [4.69, 9.17) is 0 Å². The minimum Gasteiger partial charge on any atom is -0.311 e. The fourth-order valence-electron chi connectivity index (χ4n) is 1.70. The van der Waals surface area contributed by atoms with E-state index in [1.165, 1.54) is 13.2 Å². The standard InChI is InChI=1S/C8H19N2/c1-8(2)6-9(3)7-10(8,4)5/h6-7H2,1-5H3/q+1. The summed E-state index contributed by atoms with van der Waals surface area (Å²) < 4.78 is 1.11. The van der Waals surface area contributed by atoms with Crippen LogP contribution < -0.4 is 0 Å². The van der Waals surface area contributed by atoms with Gasteiger partial charge in [0, 0.05) is 0 Å². The van der Waals surface area contributed by atoms with Crippen molar-refractivity contribution in [2.45, 2.75) is 19.4 Å². The smallest absolute Gasteiger partial charge is 0.135 e. The molecule has 0 bridgehead atoms. The molecular formula is C8H19N2+. The summed E-state index contributed by atoms with van der Waals surface area (Å²) in [6, 6.07) is 0. The largest absolute Gasteiger partial charge is 0.311 e. The van der Waals surface area contributed by atoms with Crippen LogP contribution in [0.15, 0.2) is 0 Å². The predicted molar refractivity (Wildman–Crippen MR) is 43.7 cm³/mol. The highest BCUT2D eigenvalue weighted by Gasteiger charge is 2.44. The first kappa shape index (κ1) is 8.02. The molecule has 0 atom stereocenters. The summed E-state index contributed by atoms with van der Waals surface area (Å²) in [5.41, 5.74) is 0.425. The van der Waals surface area contributed by atoms with Crippen molar-refractivity contribution in [2.75, 3.05) is 34.4 Å². The molecular weight excluding hydrogens is 124 g/mol. The van der Waals surface area contributed by atoms with E-state index in [1.54, 1.807) is 0 Å². The molecule has 60 valence electrons. The fraction of sp³-hybridized carbons (Fsp3) is 1.00. The summed E-state index contributed by atoms with van der Waals surface area (Å²) in [7, 11) is 6.78. The molecule has 0 aromatic rings. The number of quaternary nitrogens is 1. The van der Waals surface area contributed by atoms with Crippen molar-refractivity contribution in [3.63, 3.8) is 0 Å². The lowest BCUT2D eigenvalue weighted by atomic mass is 10.0. The Kier molecular flexibility index (Phi) is 1.57. The Hall–Kier alpha value is -0.0800. The number of hydrogen-bond donors (Lipinski definition) is 0. The van der Waals surface area contributed by atoms with Gasteiger partial charge in [-0.2, -0.15) is 0 Å². The van der Waals surface area contributed by atoms with Gasteiger partial charge < -0.3 is 4.48 Å². The SMILES string of the molecule is CN1CC(C)(C)[N+](C)(C)C1. The Morgan fingerprint density at radius 1 is 1.30 bits per heavy atom. The van der Waals surface area contributed by atoms with Crippen LogP contribution in [0.5, 0.6) is 0 Å². The third kappa shape index (κ3) is 1.06. The lowest BCUT2D eigenvalue weighted by molar-refractivity contribution is -0.926. The molecule has 0 saturated carbocycles. The molecule has 0 spiro atoms. The highest BCUT2D eigenvalue weighted by Crippen LogP contribution is 2.27. The lowest BCUT2D eigenvalue weighted by Gasteiger charge is -2.36. The van der Waals surface area contributed by atoms with Gasteiger partial charge in [0.2, 0.25) is 0 Å². The third-order valence-corrected chi connectivity index (χ3v) is 2.89. The molecule has 2 heteroatoms. The molecule has 1 rings (SSSR count). The molecule has 1 fully saturated rings. The molecule has 0 radical (unpaired) electrons. The molecule has 0 aromatic heterocycles. The highest BCUT2D eigenvalue weighted by atomic mass is 15.5. The molecule has 0 unspecified atom stereocenters. The number of hydrogen-bond acceptors (Lipinski definition) is 1. The van der Waals surface area contributed by atoms with Crippen LogP contribution in [0.3, 0.4) is 0 Å². The second-order valence-electron chi connectivity index (χ2n) is 4.65. The Balaban J connectivity index is 2.78. The molecule has 1 aliphatic heterocycles. The molecule has 1 aliphatic rings. The van der Waals surface area contributed by atoms with Crippen LogP contribution in [0, 0.1) is 0 Å². The van der Waals surface area contributed by atoms with Gasteiger partial charge in [-0.3, -0.25) is 4.90 Å². The van der Waals surface area contributed by atoms with Crippen molar-refractivity contribution in [2.24, 2.45) is 0 Å². The quantitative estimate of drug-likeness (QED) is 0.452. The van der Waals surface area contributed by atoms with Crippen LogP contribution in [0.4, 0.5) is 0 Å². The van der Waals surface area contributed by atoms with Crippen molar-refractivity contribution in [1.29, 1.82) is 0 Å². The lowest BCUT2D eigenvalue weighted by Crippen LogP contribution is -2.52. The van der Waals surface area contributed by atoms with E-state index in [1.807, 2.05) is 0 Å². The first-order valence-corrected chi connectivity index (χ1v) is 3.87. The van der Waals surface area contributed by atoms with Gasteiger partial charge in [0.05, 0.1) is 20.6 Å². The van der Waals surface area contributed by atoms with Gasteiger partial charge in [0.1, 0.15) is 12.2 Å². The first-order chi connectivity index (χ1) is 4.35. The van der Waals surface area contributed by atoms with Gasteiger partial charge in [-0.1, -0.05) is 0 Å². The van der Waals surface area contributed by atoms with Gasteiger partial charge in [-0.05, 0) is 20.9 Å². The van der Waals surface area contributed by atoms with E-state index >= 15 is 0 Å². The van der Waals surface area contributed by atoms with E-state index in [0.29, 0.717) is 5.54 Å². The van der Waals surface area contributed by atoms with Gasteiger partial charge in [0.15, 0.2) is 0 Å². The maximum atomic E-state index is 2.39. The summed E-state index contributed by atoms with van der Waals surface area (Å²) in [6.07, 6.45) is 0. The zero-order valence-corrected chi connectivity index (χ0v) is 7.81. The van der Waals surface area contributed by atoms with E-state index in [-0.39, 0.29) is 0 Å². The average Bonchev–Trinajstić information content (AvgIpc) is 1.73. The predicted octanol–water partition coefficient (Wildman–Crippen LogP) is 0.744. The van der Waals surface area contributed by atoms with Crippen molar-refractivity contribution in [1.82, 2.24) is 4.90 Å². The Morgan fingerprint density at radius 3 is 1.90 bits per heavy atom. The summed E-state index contributed by atoms with van der Waals surface area (Å²) >= 11 is 0. The molecule has 10 heavy (non-hydrogen) atoms. The maximum Gasteiger partial charge on any atom is 0.135 e. The normalized spacial score (nSPS) is 30.9. The van der Waals surface area contributed by atoms with Crippen LogP contribution in [0.1, 0.15) is 13.8 Å². The first-order valence-electron chi connectivity index (χ1n) is 3.87. The summed E-state index contributed by atoms with van der Waals surface area (Å²) in [4.78, 5) is 2.39. The zero-order chi connectivity index (χ0) is 7.99. The summed E-state index contributed by atoms with van der Waals surface area (Å²) in [5.74, 6) is 0. The minimum absolute atomic E-state index is 0.425. The second kappa shape index (κ2) is 1.95. The van der Waals surface area contributed by atoms with E-state index < -0.39 is 0 Å².